The molecular weight excluding hydrogens is 366 g/mol. The van der Waals surface area contributed by atoms with Crippen molar-refractivity contribution in [2.45, 2.75) is 72.6 Å². The van der Waals surface area contributed by atoms with Crippen LogP contribution in [0, 0.1) is 20.8 Å². The number of carbonyl (C=O) groups is 1. The molecule has 6 heteroatoms. The quantitative estimate of drug-likeness (QED) is 0.711. The van der Waals surface area contributed by atoms with Crippen molar-refractivity contribution in [1.82, 2.24) is 10.3 Å². The number of nitrogens with one attached hydrogen (secondary N) is 1. The lowest BCUT2D eigenvalue weighted by molar-refractivity contribution is 0.0377. The molecule has 1 aliphatic heterocycles. The highest BCUT2D eigenvalue weighted by Gasteiger charge is 2.29. The van der Waals surface area contributed by atoms with Gasteiger partial charge in [0.1, 0.15) is 22.9 Å². The van der Waals surface area contributed by atoms with Crippen LogP contribution in [-0.2, 0) is 11.2 Å². The minimum Gasteiger partial charge on any atom is -0.466 e. The van der Waals surface area contributed by atoms with Crippen LogP contribution in [0.1, 0.15) is 60.2 Å². The van der Waals surface area contributed by atoms with E-state index < -0.39 is 0 Å². The van der Waals surface area contributed by atoms with Crippen molar-refractivity contribution in [3.8, 4) is 0 Å². The number of rotatable bonds is 7. The highest BCUT2D eigenvalue weighted by Crippen LogP contribution is 2.26. The van der Waals surface area contributed by atoms with Gasteiger partial charge in [-0.15, -0.1) is 0 Å². The highest BCUT2D eigenvalue weighted by atomic mass is 16.5. The van der Waals surface area contributed by atoms with Crippen molar-refractivity contribution in [3.63, 3.8) is 0 Å². The van der Waals surface area contributed by atoms with Crippen molar-refractivity contribution in [2.75, 3.05) is 18.0 Å². The van der Waals surface area contributed by atoms with E-state index in [2.05, 4.69) is 35.1 Å². The fourth-order valence-corrected chi connectivity index (χ4v) is 3.91. The number of aryl methyl sites for hydroxylation is 3. The second kappa shape index (κ2) is 8.99. The summed E-state index contributed by atoms with van der Waals surface area (Å²) in [5.41, 5.74) is 2.68. The molecule has 1 N–H and O–H groups in total. The third-order valence-electron chi connectivity index (χ3n) is 5.42. The number of anilines is 1. The van der Waals surface area contributed by atoms with Gasteiger partial charge in [0.25, 0.3) is 0 Å². The molecule has 0 aromatic carbocycles. The lowest BCUT2D eigenvalue weighted by Crippen LogP contribution is -2.40. The van der Waals surface area contributed by atoms with Gasteiger partial charge in [-0.1, -0.05) is 0 Å². The van der Waals surface area contributed by atoms with Crippen molar-refractivity contribution in [2.24, 2.45) is 0 Å². The molecule has 2 atom stereocenters. The first-order valence-corrected chi connectivity index (χ1v) is 10.5. The second-order valence-corrected chi connectivity index (χ2v) is 8.44. The minimum atomic E-state index is -0.297. The topological polar surface area (TPSA) is 67.6 Å². The van der Waals surface area contributed by atoms with E-state index in [0.717, 1.165) is 48.8 Å². The monoisotopic (exact) mass is 399 g/mol. The normalized spacial score (nSPS) is 17.8. The molecule has 2 aromatic rings. The average Bonchev–Trinajstić information content (AvgIpc) is 3.20. The molecule has 0 aliphatic carbocycles. The van der Waals surface area contributed by atoms with Gasteiger partial charge < -0.3 is 19.4 Å². The predicted octanol–water partition coefficient (Wildman–Crippen LogP) is 3.96. The number of furan rings is 1. The van der Waals surface area contributed by atoms with Gasteiger partial charge in [0.2, 0.25) is 0 Å². The Balaban J connectivity index is 1.65. The van der Waals surface area contributed by atoms with Crippen molar-refractivity contribution >= 4 is 11.8 Å². The van der Waals surface area contributed by atoms with Crippen LogP contribution in [0.3, 0.4) is 0 Å². The summed E-state index contributed by atoms with van der Waals surface area (Å²) in [6, 6.07) is 4.64. The lowest BCUT2D eigenvalue weighted by atomic mass is 10.1. The maximum absolute atomic E-state index is 12.6. The first-order chi connectivity index (χ1) is 13.7. The molecule has 1 unspecified atom stereocenters. The minimum absolute atomic E-state index is 0.155. The molecule has 158 valence electrons. The Bertz CT molecular complexity index is 840. The summed E-state index contributed by atoms with van der Waals surface area (Å²) in [5.74, 6) is 2.44. The zero-order valence-corrected chi connectivity index (χ0v) is 18.4. The lowest BCUT2D eigenvalue weighted by Gasteiger charge is -2.23. The van der Waals surface area contributed by atoms with E-state index in [1.165, 1.54) is 5.56 Å². The first-order valence-electron chi connectivity index (χ1n) is 10.5. The SMILES string of the molecule is Cc1cc(CC(C)N[C@@H]2CCN(c3nccc(C)c3C(=O)OC(C)C)C2)oc1C. The molecule has 3 rings (SSSR count). The molecule has 1 aliphatic rings. The van der Waals surface area contributed by atoms with Gasteiger partial charge in [0.05, 0.1) is 6.10 Å². The summed E-state index contributed by atoms with van der Waals surface area (Å²) in [6.07, 6.45) is 3.48. The number of pyridine rings is 1. The average molecular weight is 400 g/mol. The summed E-state index contributed by atoms with van der Waals surface area (Å²) < 4.78 is 11.3. The fourth-order valence-electron chi connectivity index (χ4n) is 3.91. The van der Waals surface area contributed by atoms with Gasteiger partial charge in [0, 0.05) is 37.8 Å². The van der Waals surface area contributed by atoms with Gasteiger partial charge in [0.15, 0.2) is 0 Å². The van der Waals surface area contributed by atoms with E-state index in [0.29, 0.717) is 17.6 Å². The Labute approximate surface area is 173 Å². The third kappa shape index (κ3) is 5.18. The number of hydrogen-bond donors (Lipinski definition) is 1. The number of esters is 1. The summed E-state index contributed by atoms with van der Waals surface area (Å²) in [6.45, 7) is 13.6. The fraction of sp³-hybridized carbons (Fsp3) is 0.565. The molecule has 0 radical (unpaired) electrons. The number of hydrogen-bond acceptors (Lipinski definition) is 6. The van der Waals surface area contributed by atoms with Crippen LogP contribution in [-0.4, -0.2) is 42.2 Å². The predicted molar refractivity (Wildman–Crippen MR) is 115 cm³/mol. The smallest absolute Gasteiger partial charge is 0.342 e. The number of carbonyl (C=O) groups excluding carboxylic acids is 1. The molecule has 0 bridgehead atoms. The van der Waals surface area contributed by atoms with E-state index in [4.69, 9.17) is 9.15 Å². The molecule has 1 saturated heterocycles. The van der Waals surface area contributed by atoms with Crippen molar-refractivity contribution in [1.29, 1.82) is 0 Å². The van der Waals surface area contributed by atoms with Gasteiger partial charge >= 0.3 is 5.97 Å². The first kappa shape index (κ1) is 21.4. The molecular formula is C23H33N3O3. The Hall–Kier alpha value is -2.34. The molecule has 0 amide bonds. The number of ether oxygens (including phenoxy) is 1. The zero-order chi connectivity index (χ0) is 21.1. The van der Waals surface area contributed by atoms with E-state index in [1.807, 2.05) is 33.8 Å². The Morgan fingerprint density at radius 3 is 2.72 bits per heavy atom. The summed E-state index contributed by atoms with van der Waals surface area (Å²) in [5, 5.41) is 3.71. The maximum atomic E-state index is 12.6. The van der Waals surface area contributed by atoms with Gasteiger partial charge in [-0.25, -0.2) is 9.78 Å². The van der Waals surface area contributed by atoms with Crippen LogP contribution < -0.4 is 10.2 Å². The maximum Gasteiger partial charge on any atom is 0.342 e. The van der Waals surface area contributed by atoms with Crippen LogP contribution in [0.25, 0.3) is 0 Å². The van der Waals surface area contributed by atoms with Crippen LogP contribution in [0.4, 0.5) is 5.82 Å². The second-order valence-electron chi connectivity index (χ2n) is 8.44. The zero-order valence-electron chi connectivity index (χ0n) is 18.4. The molecule has 6 nitrogen and oxygen atoms in total. The third-order valence-corrected chi connectivity index (χ3v) is 5.42. The molecule has 1 fully saturated rings. The molecule has 0 spiro atoms. The summed E-state index contributed by atoms with van der Waals surface area (Å²) >= 11 is 0. The van der Waals surface area contributed by atoms with E-state index in [9.17, 15) is 4.79 Å². The molecule has 0 saturated carbocycles. The van der Waals surface area contributed by atoms with E-state index in [1.54, 1.807) is 6.20 Å². The van der Waals surface area contributed by atoms with Crippen LogP contribution in [0.5, 0.6) is 0 Å². The standard InChI is InChI=1S/C23H33N3O3/c1-14(2)28-23(27)21-15(3)7-9-24-22(21)26-10-8-19(13-26)25-17(5)12-20-11-16(4)18(6)29-20/h7,9,11,14,17,19,25H,8,10,12-13H2,1-6H3/t17?,19-/m1/s1. The Morgan fingerprint density at radius 1 is 1.31 bits per heavy atom. The van der Waals surface area contributed by atoms with Gasteiger partial charge in [-0.05, 0) is 71.2 Å². The molecule has 2 aromatic heterocycles. The largest absolute Gasteiger partial charge is 0.466 e. The summed E-state index contributed by atoms with van der Waals surface area (Å²) in [7, 11) is 0. The molecule has 29 heavy (non-hydrogen) atoms. The van der Waals surface area contributed by atoms with Gasteiger partial charge in [-0.2, -0.15) is 0 Å². The highest BCUT2D eigenvalue weighted by molar-refractivity contribution is 5.96. The summed E-state index contributed by atoms with van der Waals surface area (Å²) in [4.78, 5) is 19.3. The van der Waals surface area contributed by atoms with E-state index in [-0.39, 0.29) is 12.1 Å². The van der Waals surface area contributed by atoms with Crippen LogP contribution in [0.2, 0.25) is 0 Å². The Kier molecular flexibility index (Phi) is 6.63. The van der Waals surface area contributed by atoms with Crippen LogP contribution in [0.15, 0.2) is 22.7 Å². The molecule has 3 heterocycles. The van der Waals surface area contributed by atoms with Crippen LogP contribution >= 0.6 is 0 Å². The van der Waals surface area contributed by atoms with Crippen molar-refractivity contribution in [3.05, 3.63) is 46.5 Å². The van der Waals surface area contributed by atoms with Crippen molar-refractivity contribution < 1.29 is 13.9 Å². The van der Waals surface area contributed by atoms with E-state index >= 15 is 0 Å². The Morgan fingerprint density at radius 2 is 2.07 bits per heavy atom. The number of nitrogens with zero attached hydrogens (tertiary/aromatic N) is 2. The van der Waals surface area contributed by atoms with Gasteiger partial charge in [-0.3, -0.25) is 0 Å². The number of aromatic nitrogens is 1.